The maximum atomic E-state index is 10.4. The summed E-state index contributed by atoms with van der Waals surface area (Å²) >= 11 is 0. The molecule has 0 heterocycles. The average Bonchev–Trinajstić information content (AvgIpc) is 2.20. The van der Waals surface area contributed by atoms with E-state index in [2.05, 4.69) is 0 Å². The minimum Gasteiger partial charge on any atom is -0.481 e. The largest absolute Gasteiger partial charge is 0.481 e. The van der Waals surface area contributed by atoms with E-state index in [1.54, 1.807) is 6.92 Å². The SMILES string of the molecule is CCC(=O)O.O=C(O)C1CCCCC1. The highest BCUT2D eigenvalue weighted by Gasteiger charge is 2.19. The van der Waals surface area contributed by atoms with E-state index in [0.717, 1.165) is 25.7 Å². The summed E-state index contributed by atoms with van der Waals surface area (Å²) in [5.74, 6) is -1.38. The fraction of sp³-hybridized carbons (Fsp3) is 0.800. The van der Waals surface area contributed by atoms with Crippen molar-refractivity contribution in [3.63, 3.8) is 0 Å². The topological polar surface area (TPSA) is 74.6 Å². The predicted molar refractivity (Wildman–Crippen MR) is 52.1 cm³/mol. The third-order valence-corrected chi connectivity index (χ3v) is 2.26. The van der Waals surface area contributed by atoms with Crippen molar-refractivity contribution in [3.8, 4) is 0 Å². The molecule has 14 heavy (non-hydrogen) atoms. The number of aliphatic carboxylic acids is 2. The van der Waals surface area contributed by atoms with E-state index in [4.69, 9.17) is 10.2 Å². The van der Waals surface area contributed by atoms with Gasteiger partial charge in [0.05, 0.1) is 5.92 Å². The maximum absolute atomic E-state index is 10.4. The van der Waals surface area contributed by atoms with Gasteiger partial charge < -0.3 is 10.2 Å². The minimum atomic E-state index is -0.745. The van der Waals surface area contributed by atoms with Crippen LogP contribution >= 0.6 is 0 Å². The number of carboxylic acids is 2. The second kappa shape index (κ2) is 7.35. The van der Waals surface area contributed by atoms with Gasteiger partial charge in [-0.05, 0) is 12.8 Å². The van der Waals surface area contributed by atoms with Crippen molar-refractivity contribution in [2.24, 2.45) is 5.92 Å². The fourth-order valence-corrected chi connectivity index (χ4v) is 1.35. The quantitative estimate of drug-likeness (QED) is 0.719. The van der Waals surface area contributed by atoms with Crippen LogP contribution in [0.25, 0.3) is 0 Å². The Morgan fingerprint density at radius 2 is 1.57 bits per heavy atom. The summed E-state index contributed by atoms with van der Waals surface area (Å²) in [6.45, 7) is 1.60. The molecular weight excluding hydrogens is 184 g/mol. The maximum Gasteiger partial charge on any atom is 0.306 e. The molecule has 0 aromatic heterocycles. The molecule has 0 atom stereocenters. The van der Waals surface area contributed by atoms with Gasteiger partial charge in [-0.3, -0.25) is 9.59 Å². The van der Waals surface area contributed by atoms with E-state index in [1.165, 1.54) is 6.42 Å². The first-order chi connectivity index (χ1) is 6.57. The lowest BCUT2D eigenvalue weighted by molar-refractivity contribution is -0.142. The van der Waals surface area contributed by atoms with Gasteiger partial charge in [-0.2, -0.15) is 0 Å². The number of carboxylic acid groups (broad SMARTS) is 2. The Hall–Kier alpha value is -1.06. The summed E-state index contributed by atoms with van der Waals surface area (Å²) in [6.07, 6.45) is 5.46. The van der Waals surface area contributed by atoms with E-state index in [0.29, 0.717) is 0 Å². The van der Waals surface area contributed by atoms with Crippen molar-refractivity contribution >= 4 is 11.9 Å². The number of carbonyl (C=O) groups is 2. The van der Waals surface area contributed by atoms with Gasteiger partial charge in [0, 0.05) is 6.42 Å². The van der Waals surface area contributed by atoms with Crippen molar-refractivity contribution < 1.29 is 19.8 Å². The lowest BCUT2D eigenvalue weighted by atomic mass is 9.90. The summed E-state index contributed by atoms with van der Waals surface area (Å²) in [5.41, 5.74) is 0. The average molecular weight is 202 g/mol. The molecule has 4 nitrogen and oxygen atoms in total. The van der Waals surface area contributed by atoms with Crippen molar-refractivity contribution in [2.75, 3.05) is 0 Å². The van der Waals surface area contributed by atoms with Gasteiger partial charge in [0.15, 0.2) is 0 Å². The molecule has 0 bridgehead atoms. The summed E-state index contributed by atoms with van der Waals surface area (Å²) < 4.78 is 0. The number of rotatable bonds is 2. The van der Waals surface area contributed by atoms with Crippen LogP contribution in [0, 0.1) is 5.92 Å². The van der Waals surface area contributed by atoms with E-state index in [-0.39, 0.29) is 12.3 Å². The van der Waals surface area contributed by atoms with Crippen LogP contribution in [0.15, 0.2) is 0 Å². The molecule has 4 heteroatoms. The molecule has 82 valence electrons. The van der Waals surface area contributed by atoms with Gasteiger partial charge in [0.2, 0.25) is 0 Å². The summed E-state index contributed by atoms with van der Waals surface area (Å²) in [4.78, 5) is 19.7. The van der Waals surface area contributed by atoms with Crippen LogP contribution in [-0.4, -0.2) is 22.2 Å². The third kappa shape index (κ3) is 6.46. The van der Waals surface area contributed by atoms with Crippen LogP contribution in [0.4, 0.5) is 0 Å². The number of hydrogen-bond acceptors (Lipinski definition) is 2. The Morgan fingerprint density at radius 1 is 1.14 bits per heavy atom. The van der Waals surface area contributed by atoms with Gasteiger partial charge in [-0.15, -0.1) is 0 Å². The molecule has 0 radical (unpaired) electrons. The Kier molecular flexibility index (Phi) is 6.80. The zero-order chi connectivity index (χ0) is 11.0. The third-order valence-electron chi connectivity index (χ3n) is 2.26. The van der Waals surface area contributed by atoms with E-state index in [9.17, 15) is 9.59 Å². The van der Waals surface area contributed by atoms with Crippen LogP contribution in [0.1, 0.15) is 45.4 Å². The standard InChI is InChI=1S/C7H12O2.C3H6O2/c8-7(9)6-4-2-1-3-5-6;1-2-3(4)5/h6H,1-5H2,(H,8,9);2H2,1H3,(H,4,5). The van der Waals surface area contributed by atoms with Crippen LogP contribution in [0.5, 0.6) is 0 Å². The molecule has 1 fully saturated rings. The van der Waals surface area contributed by atoms with E-state index < -0.39 is 11.9 Å². The molecule has 0 aliphatic heterocycles. The molecule has 0 spiro atoms. The second-order valence-corrected chi connectivity index (χ2v) is 3.42. The van der Waals surface area contributed by atoms with Gasteiger partial charge in [0.25, 0.3) is 0 Å². The lowest BCUT2D eigenvalue weighted by Crippen LogP contribution is -2.16. The molecule has 0 unspecified atom stereocenters. The molecule has 2 N–H and O–H groups in total. The first-order valence-electron chi connectivity index (χ1n) is 5.02. The summed E-state index contributed by atoms with van der Waals surface area (Å²) in [5, 5.41) is 16.3. The Bertz CT molecular complexity index is 183. The Morgan fingerprint density at radius 3 is 1.79 bits per heavy atom. The molecular formula is C10H18O4. The molecule has 1 rings (SSSR count). The highest BCUT2D eigenvalue weighted by molar-refractivity contribution is 5.69. The summed E-state index contributed by atoms with van der Waals surface area (Å²) in [6, 6.07) is 0. The second-order valence-electron chi connectivity index (χ2n) is 3.42. The van der Waals surface area contributed by atoms with Crippen molar-refractivity contribution in [2.45, 2.75) is 45.4 Å². The van der Waals surface area contributed by atoms with Crippen LogP contribution in [0.2, 0.25) is 0 Å². The van der Waals surface area contributed by atoms with E-state index in [1.807, 2.05) is 0 Å². The Labute approximate surface area is 83.9 Å². The number of hydrogen-bond donors (Lipinski definition) is 2. The fourth-order valence-electron chi connectivity index (χ4n) is 1.35. The first kappa shape index (κ1) is 12.9. The van der Waals surface area contributed by atoms with E-state index >= 15 is 0 Å². The molecule has 0 aromatic rings. The molecule has 1 aliphatic rings. The van der Waals surface area contributed by atoms with Crippen LogP contribution < -0.4 is 0 Å². The van der Waals surface area contributed by atoms with Crippen molar-refractivity contribution in [3.05, 3.63) is 0 Å². The van der Waals surface area contributed by atoms with Crippen LogP contribution in [0.3, 0.4) is 0 Å². The summed E-state index contributed by atoms with van der Waals surface area (Å²) in [7, 11) is 0. The smallest absolute Gasteiger partial charge is 0.306 e. The zero-order valence-corrected chi connectivity index (χ0v) is 8.53. The van der Waals surface area contributed by atoms with Gasteiger partial charge >= 0.3 is 11.9 Å². The first-order valence-corrected chi connectivity index (χ1v) is 5.02. The highest BCUT2D eigenvalue weighted by Crippen LogP contribution is 2.23. The lowest BCUT2D eigenvalue weighted by Gasteiger charge is -2.16. The highest BCUT2D eigenvalue weighted by atomic mass is 16.4. The molecule has 0 aromatic carbocycles. The molecule has 0 saturated heterocycles. The van der Waals surface area contributed by atoms with Gasteiger partial charge in [0.1, 0.15) is 0 Å². The molecule has 1 saturated carbocycles. The van der Waals surface area contributed by atoms with Crippen molar-refractivity contribution in [1.82, 2.24) is 0 Å². The monoisotopic (exact) mass is 202 g/mol. The normalized spacial score (nSPS) is 16.6. The van der Waals surface area contributed by atoms with Gasteiger partial charge in [-0.25, -0.2) is 0 Å². The minimum absolute atomic E-state index is 0.0289. The van der Waals surface area contributed by atoms with Crippen molar-refractivity contribution in [1.29, 1.82) is 0 Å². The molecule has 1 aliphatic carbocycles. The zero-order valence-electron chi connectivity index (χ0n) is 8.53. The Balaban J connectivity index is 0.000000292. The predicted octanol–water partition coefficient (Wildman–Crippen LogP) is 2.13. The molecule has 0 amide bonds. The van der Waals surface area contributed by atoms with Crippen LogP contribution in [-0.2, 0) is 9.59 Å². The van der Waals surface area contributed by atoms with Gasteiger partial charge in [-0.1, -0.05) is 26.2 Å².